The summed E-state index contributed by atoms with van der Waals surface area (Å²) in [6, 6.07) is 3.37. The van der Waals surface area contributed by atoms with Gasteiger partial charge in [0.15, 0.2) is 0 Å². The third-order valence-electron chi connectivity index (χ3n) is 2.20. The normalized spacial score (nSPS) is 11.3. The molecule has 0 saturated heterocycles. The number of halogens is 1. The summed E-state index contributed by atoms with van der Waals surface area (Å²) in [5, 5.41) is 0.500. The number of nitrogens with two attached hydrogens (primary N) is 1. The van der Waals surface area contributed by atoms with E-state index in [0.717, 1.165) is 0 Å². The number of carbonyl (C=O) groups excluding carboxylic acids is 1. The first-order valence-electron chi connectivity index (χ1n) is 5.45. The van der Waals surface area contributed by atoms with Gasteiger partial charge in [-0.15, -0.1) is 0 Å². The molecule has 5 heteroatoms. The molecule has 0 spiro atoms. The monoisotopic (exact) mass is 266 g/mol. The summed E-state index contributed by atoms with van der Waals surface area (Å²) >= 11 is 6.08. The van der Waals surface area contributed by atoms with Gasteiger partial charge in [0, 0.05) is 41.2 Å². The molecule has 96 valence electrons. The molecule has 0 radical (unpaired) electrons. The lowest BCUT2D eigenvalue weighted by atomic mass is 10.1. The third kappa shape index (κ3) is 3.60. The second kappa shape index (κ2) is 6.81. The van der Waals surface area contributed by atoms with Crippen molar-refractivity contribution in [1.29, 1.82) is 0 Å². The number of aliphatic imine (C=N–C) groups is 1. The van der Waals surface area contributed by atoms with Crippen LogP contribution in [0.15, 0.2) is 23.2 Å². The Bertz CT molecular complexity index is 496. The number of benzene rings is 1. The van der Waals surface area contributed by atoms with Crippen molar-refractivity contribution < 1.29 is 9.53 Å². The molecule has 18 heavy (non-hydrogen) atoms. The van der Waals surface area contributed by atoms with Gasteiger partial charge < -0.3 is 10.5 Å². The number of nitrogen functional groups attached to an aromatic ring is 1. The highest BCUT2D eigenvalue weighted by Gasteiger charge is 2.07. The van der Waals surface area contributed by atoms with Crippen molar-refractivity contribution in [2.75, 3.05) is 19.4 Å². The molecule has 0 bridgehead atoms. The number of rotatable bonds is 4. The van der Waals surface area contributed by atoms with Gasteiger partial charge in [-0.2, -0.15) is 0 Å². The lowest BCUT2D eigenvalue weighted by molar-refractivity contribution is -0.137. The molecule has 1 rings (SSSR count). The predicted octanol–water partition coefficient (Wildman–Crippen LogP) is 2.55. The van der Waals surface area contributed by atoms with Crippen LogP contribution in [0.4, 0.5) is 5.69 Å². The maximum atomic E-state index is 11.3. The zero-order valence-electron chi connectivity index (χ0n) is 10.3. The SMILES string of the molecule is CCOC(=O)/C=C/c1c(Cl)ccc(N)c1C=NC. The minimum absolute atomic E-state index is 0.330. The van der Waals surface area contributed by atoms with Gasteiger partial charge in [-0.05, 0) is 25.1 Å². The summed E-state index contributed by atoms with van der Waals surface area (Å²) in [7, 11) is 1.64. The smallest absolute Gasteiger partial charge is 0.330 e. The quantitative estimate of drug-likeness (QED) is 0.394. The van der Waals surface area contributed by atoms with Crippen molar-refractivity contribution in [3.63, 3.8) is 0 Å². The lowest BCUT2D eigenvalue weighted by Crippen LogP contribution is -2.00. The van der Waals surface area contributed by atoms with Crippen molar-refractivity contribution in [3.05, 3.63) is 34.4 Å². The van der Waals surface area contributed by atoms with E-state index in [1.54, 1.807) is 38.4 Å². The number of anilines is 1. The summed E-state index contributed by atoms with van der Waals surface area (Å²) in [5.74, 6) is -0.421. The minimum Gasteiger partial charge on any atom is -0.463 e. The van der Waals surface area contributed by atoms with E-state index in [9.17, 15) is 4.79 Å². The van der Waals surface area contributed by atoms with Crippen molar-refractivity contribution in [1.82, 2.24) is 0 Å². The molecule has 0 heterocycles. The van der Waals surface area contributed by atoms with Crippen LogP contribution in [-0.2, 0) is 9.53 Å². The molecule has 0 atom stereocenters. The Kier molecular flexibility index (Phi) is 5.39. The second-order valence-electron chi connectivity index (χ2n) is 3.44. The first-order chi connectivity index (χ1) is 8.60. The van der Waals surface area contributed by atoms with Gasteiger partial charge in [-0.3, -0.25) is 4.99 Å². The van der Waals surface area contributed by atoms with E-state index >= 15 is 0 Å². The van der Waals surface area contributed by atoms with Crippen LogP contribution in [0, 0.1) is 0 Å². The third-order valence-corrected chi connectivity index (χ3v) is 2.53. The van der Waals surface area contributed by atoms with Crippen LogP contribution in [0.25, 0.3) is 6.08 Å². The van der Waals surface area contributed by atoms with E-state index in [0.29, 0.717) is 28.4 Å². The van der Waals surface area contributed by atoms with Crippen LogP contribution in [0.1, 0.15) is 18.1 Å². The van der Waals surface area contributed by atoms with Gasteiger partial charge in [-0.25, -0.2) is 4.79 Å². The molecule has 0 aliphatic rings. The molecule has 0 aliphatic carbocycles. The van der Waals surface area contributed by atoms with Crippen LogP contribution < -0.4 is 5.73 Å². The number of nitrogens with zero attached hydrogens (tertiary/aromatic N) is 1. The average Bonchev–Trinajstić information content (AvgIpc) is 2.34. The van der Waals surface area contributed by atoms with Crippen molar-refractivity contribution in [2.45, 2.75) is 6.92 Å². The van der Waals surface area contributed by atoms with Crippen LogP contribution in [0.5, 0.6) is 0 Å². The fraction of sp³-hybridized carbons (Fsp3) is 0.231. The molecule has 0 amide bonds. The zero-order valence-corrected chi connectivity index (χ0v) is 11.1. The number of esters is 1. The van der Waals surface area contributed by atoms with Gasteiger partial charge in [-0.1, -0.05) is 11.6 Å². The fourth-order valence-electron chi connectivity index (χ4n) is 1.41. The Morgan fingerprint density at radius 1 is 1.50 bits per heavy atom. The summed E-state index contributed by atoms with van der Waals surface area (Å²) in [5.41, 5.74) is 7.73. The molecule has 1 aromatic rings. The van der Waals surface area contributed by atoms with Gasteiger partial charge >= 0.3 is 5.97 Å². The molecule has 0 unspecified atom stereocenters. The Hall–Kier alpha value is -1.81. The fourth-order valence-corrected chi connectivity index (χ4v) is 1.64. The first kappa shape index (κ1) is 14.3. The molecule has 0 saturated carbocycles. The molecule has 0 aromatic heterocycles. The highest BCUT2D eigenvalue weighted by Crippen LogP contribution is 2.25. The standard InChI is InChI=1S/C13H15ClN2O2/c1-3-18-13(17)7-4-9-10(8-16-2)12(15)6-5-11(9)14/h4-8H,3,15H2,1-2H3/b7-4+,16-8?. The number of hydrogen-bond acceptors (Lipinski definition) is 4. The van der Waals surface area contributed by atoms with Crippen molar-refractivity contribution >= 4 is 35.5 Å². The molecule has 1 aromatic carbocycles. The Labute approximate surface area is 111 Å². The number of ether oxygens (including phenoxy) is 1. The Morgan fingerprint density at radius 2 is 2.22 bits per heavy atom. The van der Waals surface area contributed by atoms with Crippen LogP contribution in [0.2, 0.25) is 5.02 Å². The van der Waals surface area contributed by atoms with Gasteiger partial charge in [0.2, 0.25) is 0 Å². The second-order valence-corrected chi connectivity index (χ2v) is 3.84. The molecule has 0 aliphatic heterocycles. The largest absolute Gasteiger partial charge is 0.463 e. The molecule has 0 fully saturated rings. The Balaban J connectivity index is 3.14. The molecule has 4 nitrogen and oxygen atoms in total. The van der Waals surface area contributed by atoms with Crippen LogP contribution in [0.3, 0.4) is 0 Å². The van der Waals surface area contributed by atoms with Crippen LogP contribution in [-0.4, -0.2) is 25.8 Å². The van der Waals surface area contributed by atoms with E-state index < -0.39 is 5.97 Å². The zero-order chi connectivity index (χ0) is 13.5. The number of hydrogen-bond donors (Lipinski definition) is 1. The van der Waals surface area contributed by atoms with Gasteiger partial charge in [0.1, 0.15) is 0 Å². The summed E-state index contributed by atoms with van der Waals surface area (Å²) < 4.78 is 4.80. The Morgan fingerprint density at radius 3 is 2.83 bits per heavy atom. The average molecular weight is 267 g/mol. The topological polar surface area (TPSA) is 64.7 Å². The van der Waals surface area contributed by atoms with Gasteiger partial charge in [0.25, 0.3) is 0 Å². The van der Waals surface area contributed by atoms with Crippen molar-refractivity contribution in [3.8, 4) is 0 Å². The molecular formula is C13H15ClN2O2. The lowest BCUT2D eigenvalue weighted by Gasteiger charge is -2.07. The maximum Gasteiger partial charge on any atom is 0.330 e. The van der Waals surface area contributed by atoms with Crippen molar-refractivity contribution in [2.24, 2.45) is 4.99 Å². The van der Waals surface area contributed by atoms with Crippen LogP contribution >= 0.6 is 11.6 Å². The van der Waals surface area contributed by atoms with Gasteiger partial charge in [0.05, 0.1) is 6.61 Å². The summed E-state index contributed by atoms with van der Waals surface area (Å²) in [6.07, 6.45) is 4.50. The maximum absolute atomic E-state index is 11.3. The highest BCUT2D eigenvalue weighted by molar-refractivity contribution is 6.32. The minimum atomic E-state index is -0.421. The molecular weight excluding hydrogens is 252 g/mol. The van der Waals surface area contributed by atoms with E-state index in [2.05, 4.69) is 4.99 Å². The van der Waals surface area contributed by atoms with E-state index in [-0.39, 0.29) is 0 Å². The number of carbonyl (C=O) groups is 1. The van der Waals surface area contributed by atoms with E-state index in [4.69, 9.17) is 22.1 Å². The first-order valence-corrected chi connectivity index (χ1v) is 5.83. The summed E-state index contributed by atoms with van der Waals surface area (Å²) in [6.45, 7) is 2.07. The predicted molar refractivity (Wildman–Crippen MR) is 75.0 cm³/mol. The molecule has 2 N–H and O–H groups in total. The summed E-state index contributed by atoms with van der Waals surface area (Å²) in [4.78, 5) is 15.2. The van der Waals surface area contributed by atoms with E-state index in [1.807, 2.05) is 0 Å². The highest BCUT2D eigenvalue weighted by atomic mass is 35.5. The van der Waals surface area contributed by atoms with E-state index in [1.165, 1.54) is 6.08 Å².